The van der Waals surface area contributed by atoms with Crippen LogP contribution in [-0.2, 0) is 11.2 Å². The first-order valence-electron chi connectivity index (χ1n) is 6.02. The van der Waals surface area contributed by atoms with E-state index in [4.69, 9.17) is 4.74 Å². The minimum Gasteiger partial charge on any atom is -0.393 e. The first kappa shape index (κ1) is 13.2. The molecule has 2 heteroatoms. The van der Waals surface area contributed by atoms with Gasteiger partial charge in [0.15, 0.2) is 0 Å². The molecule has 0 saturated heterocycles. The van der Waals surface area contributed by atoms with Crippen LogP contribution in [0.5, 0.6) is 0 Å². The van der Waals surface area contributed by atoms with Gasteiger partial charge in [0.2, 0.25) is 0 Å². The third kappa shape index (κ3) is 5.89. The van der Waals surface area contributed by atoms with Gasteiger partial charge < -0.3 is 9.84 Å². The molecule has 0 aliphatic carbocycles. The van der Waals surface area contributed by atoms with Crippen molar-refractivity contribution in [3.8, 4) is 0 Å². The number of aliphatic hydroxyl groups excluding tert-OH is 1. The van der Waals surface area contributed by atoms with E-state index in [9.17, 15) is 5.11 Å². The molecule has 0 saturated carbocycles. The number of benzene rings is 1. The van der Waals surface area contributed by atoms with Crippen molar-refractivity contribution >= 4 is 0 Å². The van der Waals surface area contributed by atoms with Gasteiger partial charge in [-0.3, -0.25) is 0 Å². The molecule has 1 rings (SSSR count). The summed E-state index contributed by atoms with van der Waals surface area (Å²) >= 11 is 0. The van der Waals surface area contributed by atoms with Crippen LogP contribution in [0.4, 0.5) is 0 Å². The first-order chi connectivity index (χ1) is 7.68. The number of hydrogen-bond acceptors (Lipinski definition) is 2. The fourth-order valence-electron chi connectivity index (χ4n) is 1.75. The van der Waals surface area contributed by atoms with Crippen molar-refractivity contribution in [2.75, 3.05) is 6.61 Å². The van der Waals surface area contributed by atoms with Gasteiger partial charge in [-0.25, -0.2) is 0 Å². The topological polar surface area (TPSA) is 29.5 Å². The summed E-state index contributed by atoms with van der Waals surface area (Å²) in [6.45, 7) is 4.57. The molecule has 2 atom stereocenters. The molecule has 0 aliphatic heterocycles. The van der Waals surface area contributed by atoms with Crippen molar-refractivity contribution in [1.82, 2.24) is 0 Å². The standard InChI is InChI=1S/C14H22O2/c1-12(15)11-13(2)16-10-6-9-14-7-4-3-5-8-14/h3-5,7-8,12-13,15H,6,9-11H2,1-2H3. The van der Waals surface area contributed by atoms with Crippen LogP contribution in [0.3, 0.4) is 0 Å². The Morgan fingerprint density at radius 2 is 1.88 bits per heavy atom. The largest absolute Gasteiger partial charge is 0.393 e. The predicted molar refractivity (Wildman–Crippen MR) is 66.5 cm³/mol. The van der Waals surface area contributed by atoms with Crippen molar-refractivity contribution in [3.05, 3.63) is 35.9 Å². The van der Waals surface area contributed by atoms with Crippen molar-refractivity contribution in [1.29, 1.82) is 0 Å². The van der Waals surface area contributed by atoms with Crippen LogP contribution in [0.15, 0.2) is 30.3 Å². The minimum atomic E-state index is -0.274. The zero-order chi connectivity index (χ0) is 11.8. The summed E-state index contributed by atoms with van der Waals surface area (Å²) in [4.78, 5) is 0. The fourth-order valence-corrected chi connectivity index (χ4v) is 1.75. The van der Waals surface area contributed by atoms with E-state index in [1.165, 1.54) is 5.56 Å². The van der Waals surface area contributed by atoms with E-state index in [0.717, 1.165) is 19.4 Å². The number of aliphatic hydroxyl groups is 1. The Labute approximate surface area is 98.3 Å². The van der Waals surface area contributed by atoms with Gasteiger partial charge in [0.05, 0.1) is 12.2 Å². The predicted octanol–water partition coefficient (Wildman–Crippen LogP) is 2.80. The summed E-state index contributed by atoms with van der Waals surface area (Å²) in [6.07, 6.45) is 2.68. The van der Waals surface area contributed by atoms with Gasteiger partial charge in [-0.2, -0.15) is 0 Å². The number of hydrogen-bond donors (Lipinski definition) is 1. The smallest absolute Gasteiger partial charge is 0.0571 e. The third-order valence-corrected chi connectivity index (χ3v) is 2.53. The molecule has 16 heavy (non-hydrogen) atoms. The second-order valence-corrected chi connectivity index (χ2v) is 4.36. The Kier molecular flexibility index (Phi) is 6.12. The number of rotatable bonds is 7. The molecule has 1 aromatic carbocycles. The van der Waals surface area contributed by atoms with E-state index in [2.05, 4.69) is 24.3 Å². The van der Waals surface area contributed by atoms with Crippen LogP contribution < -0.4 is 0 Å². The van der Waals surface area contributed by atoms with Gasteiger partial charge in [-0.15, -0.1) is 0 Å². The molecular weight excluding hydrogens is 200 g/mol. The average Bonchev–Trinajstić information content (AvgIpc) is 2.25. The quantitative estimate of drug-likeness (QED) is 0.719. The normalized spacial score (nSPS) is 14.7. The average molecular weight is 222 g/mol. The van der Waals surface area contributed by atoms with Gasteiger partial charge in [0.25, 0.3) is 0 Å². The molecule has 0 heterocycles. The summed E-state index contributed by atoms with van der Waals surface area (Å²) in [5.41, 5.74) is 1.36. The molecule has 0 spiro atoms. The van der Waals surface area contributed by atoms with E-state index in [-0.39, 0.29) is 12.2 Å². The van der Waals surface area contributed by atoms with Crippen molar-refractivity contribution < 1.29 is 9.84 Å². The fraction of sp³-hybridized carbons (Fsp3) is 0.571. The van der Waals surface area contributed by atoms with Gasteiger partial charge >= 0.3 is 0 Å². The van der Waals surface area contributed by atoms with E-state index in [1.807, 2.05) is 13.0 Å². The summed E-state index contributed by atoms with van der Waals surface area (Å²) in [5, 5.41) is 9.18. The molecular formula is C14H22O2. The van der Waals surface area contributed by atoms with Crippen molar-refractivity contribution in [2.24, 2.45) is 0 Å². The van der Waals surface area contributed by atoms with Gasteiger partial charge in [-0.1, -0.05) is 30.3 Å². The highest BCUT2D eigenvalue weighted by molar-refractivity contribution is 5.14. The Balaban J connectivity index is 2.08. The van der Waals surface area contributed by atoms with Gasteiger partial charge in [0.1, 0.15) is 0 Å². The lowest BCUT2D eigenvalue weighted by Gasteiger charge is -2.14. The summed E-state index contributed by atoms with van der Waals surface area (Å²) in [5.74, 6) is 0. The lowest BCUT2D eigenvalue weighted by atomic mass is 10.1. The Hall–Kier alpha value is -0.860. The molecule has 0 aromatic heterocycles. The maximum Gasteiger partial charge on any atom is 0.0571 e. The number of aryl methyl sites for hydroxylation is 1. The van der Waals surface area contributed by atoms with Crippen LogP contribution in [-0.4, -0.2) is 23.9 Å². The van der Waals surface area contributed by atoms with Crippen molar-refractivity contribution in [3.63, 3.8) is 0 Å². The molecule has 0 fully saturated rings. The Morgan fingerprint density at radius 1 is 1.19 bits per heavy atom. The highest BCUT2D eigenvalue weighted by Crippen LogP contribution is 2.05. The molecule has 1 N–H and O–H groups in total. The van der Waals surface area contributed by atoms with Crippen LogP contribution in [0, 0.1) is 0 Å². The Bertz CT molecular complexity index is 269. The maximum atomic E-state index is 9.18. The van der Waals surface area contributed by atoms with E-state index < -0.39 is 0 Å². The molecule has 90 valence electrons. The maximum absolute atomic E-state index is 9.18. The molecule has 0 radical (unpaired) electrons. The number of ether oxygens (including phenoxy) is 1. The molecule has 2 unspecified atom stereocenters. The summed E-state index contributed by atoms with van der Waals surface area (Å²) in [7, 11) is 0. The first-order valence-corrected chi connectivity index (χ1v) is 6.02. The van der Waals surface area contributed by atoms with E-state index >= 15 is 0 Å². The SMILES string of the molecule is CC(O)CC(C)OCCCc1ccccc1. The van der Waals surface area contributed by atoms with E-state index in [0.29, 0.717) is 6.42 Å². The monoisotopic (exact) mass is 222 g/mol. The third-order valence-electron chi connectivity index (χ3n) is 2.53. The van der Waals surface area contributed by atoms with Crippen LogP contribution in [0.25, 0.3) is 0 Å². The van der Waals surface area contributed by atoms with Crippen LogP contribution in [0.1, 0.15) is 32.3 Å². The summed E-state index contributed by atoms with van der Waals surface area (Å²) < 4.78 is 5.61. The highest BCUT2D eigenvalue weighted by atomic mass is 16.5. The highest BCUT2D eigenvalue weighted by Gasteiger charge is 2.05. The lowest BCUT2D eigenvalue weighted by molar-refractivity contribution is 0.0282. The molecule has 1 aromatic rings. The Morgan fingerprint density at radius 3 is 2.50 bits per heavy atom. The second kappa shape index (κ2) is 7.42. The molecule has 0 aliphatic rings. The molecule has 0 bridgehead atoms. The minimum absolute atomic E-state index is 0.149. The lowest BCUT2D eigenvalue weighted by Crippen LogP contribution is -2.16. The second-order valence-electron chi connectivity index (χ2n) is 4.36. The van der Waals surface area contributed by atoms with Gasteiger partial charge in [0, 0.05) is 6.61 Å². The zero-order valence-electron chi connectivity index (χ0n) is 10.2. The van der Waals surface area contributed by atoms with Crippen LogP contribution in [0.2, 0.25) is 0 Å². The molecule has 2 nitrogen and oxygen atoms in total. The van der Waals surface area contributed by atoms with E-state index in [1.54, 1.807) is 6.92 Å². The van der Waals surface area contributed by atoms with Gasteiger partial charge in [-0.05, 0) is 38.7 Å². The summed E-state index contributed by atoms with van der Waals surface area (Å²) in [6, 6.07) is 10.4. The molecule has 0 amide bonds. The zero-order valence-corrected chi connectivity index (χ0v) is 10.2. The van der Waals surface area contributed by atoms with Crippen molar-refractivity contribution in [2.45, 2.75) is 45.3 Å². The van der Waals surface area contributed by atoms with Crippen LogP contribution >= 0.6 is 0 Å².